The van der Waals surface area contributed by atoms with Gasteiger partial charge in [0.2, 0.25) is 0 Å². The molecule has 22 heavy (non-hydrogen) atoms. The third kappa shape index (κ3) is 2.17. The van der Waals surface area contributed by atoms with Crippen LogP contribution in [0.4, 0.5) is 4.39 Å². The summed E-state index contributed by atoms with van der Waals surface area (Å²) in [5, 5.41) is -0.498. The molecule has 2 aromatic rings. The lowest BCUT2D eigenvalue weighted by Crippen LogP contribution is -2.18. The van der Waals surface area contributed by atoms with Crippen LogP contribution in [-0.2, 0) is 5.41 Å². The fourth-order valence-corrected chi connectivity index (χ4v) is 3.36. The van der Waals surface area contributed by atoms with Crippen molar-refractivity contribution in [1.29, 1.82) is 0 Å². The Labute approximate surface area is 135 Å². The van der Waals surface area contributed by atoms with Crippen molar-refractivity contribution in [2.24, 2.45) is 0 Å². The van der Waals surface area contributed by atoms with Crippen molar-refractivity contribution in [2.75, 3.05) is 0 Å². The average molecular weight is 317 g/mol. The molecule has 114 valence electrons. The van der Waals surface area contributed by atoms with Gasteiger partial charge in [0.1, 0.15) is 5.82 Å². The zero-order valence-electron chi connectivity index (χ0n) is 12.9. The largest absolute Gasteiger partial charge is 0.293 e. The number of hydrogen-bond acceptors (Lipinski definition) is 1. The fourth-order valence-electron chi connectivity index (χ4n) is 3.23. The summed E-state index contributed by atoms with van der Waals surface area (Å²) in [5.74, 6) is -0.285. The molecule has 0 amide bonds. The molecule has 3 heteroatoms. The number of carbonyl (C=O) groups excluding carboxylic acids is 1. The van der Waals surface area contributed by atoms with Crippen molar-refractivity contribution in [3.8, 4) is 11.1 Å². The molecule has 0 spiro atoms. The molecule has 0 saturated carbocycles. The van der Waals surface area contributed by atoms with E-state index in [2.05, 4.69) is 13.8 Å². The molecule has 1 aliphatic carbocycles. The van der Waals surface area contributed by atoms with E-state index in [0.29, 0.717) is 12.0 Å². The van der Waals surface area contributed by atoms with Gasteiger partial charge in [0.05, 0.1) is 5.38 Å². The first-order chi connectivity index (χ1) is 10.4. The van der Waals surface area contributed by atoms with Crippen LogP contribution in [0.25, 0.3) is 11.1 Å². The number of hydrogen-bond donors (Lipinski definition) is 0. The molecule has 1 atom stereocenters. The van der Waals surface area contributed by atoms with E-state index in [-0.39, 0.29) is 17.0 Å². The van der Waals surface area contributed by atoms with Crippen molar-refractivity contribution in [3.05, 3.63) is 58.9 Å². The van der Waals surface area contributed by atoms with Gasteiger partial charge in [-0.1, -0.05) is 39.0 Å². The highest BCUT2D eigenvalue weighted by Gasteiger charge is 2.36. The van der Waals surface area contributed by atoms with Gasteiger partial charge in [-0.2, -0.15) is 0 Å². The molecule has 0 bridgehead atoms. The Hall–Kier alpha value is -1.67. The molecule has 0 radical (unpaired) electrons. The lowest BCUT2D eigenvalue weighted by atomic mass is 9.81. The summed E-state index contributed by atoms with van der Waals surface area (Å²) in [6, 6.07) is 10.6. The first kappa shape index (κ1) is 15.2. The van der Waals surface area contributed by atoms with Gasteiger partial charge < -0.3 is 0 Å². The summed E-state index contributed by atoms with van der Waals surface area (Å²) in [7, 11) is 0. The molecule has 0 saturated heterocycles. The predicted octanol–water partition coefficient (Wildman–Crippen LogP) is 5.33. The standard InChI is InChI=1S/C19H18ClFO/c1-4-17(20)18(22)11-5-7-13-14-8-6-12(21)10-16(14)19(2,3)15(13)9-11/h5-10,17H,4H2,1-3H3. The lowest BCUT2D eigenvalue weighted by molar-refractivity contribution is 0.0985. The zero-order valence-corrected chi connectivity index (χ0v) is 13.7. The second-order valence-electron chi connectivity index (χ2n) is 6.32. The van der Waals surface area contributed by atoms with Crippen molar-refractivity contribution in [1.82, 2.24) is 0 Å². The molecule has 0 aliphatic heterocycles. The third-order valence-electron chi connectivity index (χ3n) is 4.57. The number of alkyl halides is 1. The topological polar surface area (TPSA) is 17.1 Å². The Morgan fingerprint density at radius 1 is 1.14 bits per heavy atom. The second-order valence-corrected chi connectivity index (χ2v) is 6.84. The molecule has 2 aromatic carbocycles. The summed E-state index contributed by atoms with van der Waals surface area (Å²) >= 11 is 6.08. The summed E-state index contributed by atoms with van der Waals surface area (Å²) in [6.07, 6.45) is 0.603. The van der Waals surface area contributed by atoms with Crippen molar-refractivity contribution < 1.29 is 9.18 Å². The molecule has 1 aliphatic rings. The highest BCUT2D eigenvalue weighted by atomic mass is 35.5. The smallest absolute Gasteiger partial charge is 0.180 e. The van der Waals surface area contributed by atoms with E-state index in [1.807, 2.05) is 31.2 Å². The SMILES string of the molecule is CCC(Cl)C(=O)c1ccc2c(c1)C(C)(C)c1cc(F)ccc1-2. The van der Waals surface area contributed by atoms with Gasteiger partial charge in [-0.3, -0.25) is 4.79 Å². The molecular weight excluding hydrogens is 299 g/mol. The predicted molar refractivity (Wildman–Crippen MR) is 88.2 cm³/mol. The minimum Gasteiger partial charge on any atom is -0.293 e. The Balaban J connectivity index is 2.15. The van der Waals surface area contributed by atoms with Gasteiger partial charge in [-0.15, -0.1) is 11.6 Å². The average Bonchev–Trinajstić information content (AvgIpc) is 2.73. The number of benzene rings is 2. The van der Waals surface area contributed by atoms with Gasteiger partial charge in [0, 0.05) is 11.0 Å². The van der Waals surface area contributed by atoms with Gasteiger partial charge >= 0.3 is 0 Å². The molecular formula is C19H18ClFO. The normalized spacial score (nSPS) is 16.0. The van der Waals surface area contributed by atoms with Crippen LogP contribution in [0.3, 0.4) is 0 Å². The minimum atomic E-state index is -0.498. The van der Waals surface area contributed by atoms with Crippen molar-refractivity contribution in [2.45, 2.75) is 38.0 Å². The third-order valence-corrected chi connectivity index (χ3v) is 5.07. The van der Waals surface area contributed by atoms with Gasteiger partial charge in [0.25, 0.3) is 0 Å². The van der Waals surface area contributed by atoms with Crippen LogP contribution < -0.4 is 0 Å². The molecule has 0 heterocycles. The van der Waals surface area contributed by atoms with E-state index < -0.39 is 5.38 Å². The Morgan fingerprint density at radius 3 is 2.36 bits per heavy atom. The summed E-state index contributed by atoms with van der Waals surface area (Å²) in [5.41, 5.74) is 4.43. The zero-order chi connectivity index (χ0) is 16.1. The Morgan fingerprint density at radius 2 is 1.73 bits per heavy atom. The van der Waals surface area contributed by atoms with Crippen molar-refractivity contribution in [3.63, 3.8) is 0 Å². The molecule has 0 N–H and O–H groups in total. The van der Waals surface area contributed by atoms with Crippen LogP contribution in [0.1, 0.15) is 48.7 Å². The highest BCUT2D eigenvalue weighted by Crippen LogP contribution is 2.49. The molecule has 1 nitrogen and oxygen atoms in total. The fraction of sp³-hybridized carbons (Fsp3) is 0.316. The molecule has 0 aromatic heterocycles. The maximum absolute atomic E-state index is 13.6. The minimum absolute atomic E-state index is 0.0510. The lowest BCUT2D eigenvalue weighted by Gasteiger charge is -2.22. The molecule has 0 fully saturated rings. The number of halogens is 2. The number of fused-ring (bicyclic) bond motifs is 3. The molecule has 1 unspecified atom stereocenters. The quantitative estimate of drug-likeness (QED) is 0.552. The van der Waals surface area contributed by atoms with Crippen LogP contribution in [0.2, 0.25) is 0 Å². The highest BCUT2D eigenvalue weighted by molar-refractivity contribution is 6.33. The number of Topliss-reactive ketones (excluding diaryl/α,β-unsaturated/α-hetero) is 1. The van der Waals surface area contributed by atoms with E-state index in [0.717, 1.165) is 22.3 Å². The number of rotatable bonds is 3. The van der Waals surface area contributed by atoms with Crippen molar-refractivity contribution >= 4 is 17.4 Å². The van der Waals surface area contributed by atoms with E-state index in [1.165, 1.54) is 6.07 Å². The maximum Gasteiger partial charge on any atom is 0.180 e. The molecule has 3 rings (SSSR count). The summed E-state index contributed by atoms with van der Waals surface area (Å²) in [6.45, 7) is 6.01. The monoisotopic (exact) mass is 316 g/mol. The van der Waals surface area contributed by atoms with Crippen LogP contribution >= 0.6 is 11.6 Å². The summed E-state index contributed by atoms with van der Waals surface area (Å²) < 4.78 is 13.6. The van der Waals surface area contributed by atoms with Crippen LogP contribution in [0, 0.1) is 5.82 Å². The first-order valence-electron chi connectivity index (χ1n) is 7.49. The maximum atomic E-state index is 13.6. The van der Waals surface area contributed by atoms with E-state index in [9.17, 15) is 9.18 Å². The Bertz CT molecular complexity index is 764. The van der Waals surface area contributed by atoms with Gasteiger partial charge in [0.15, 0.2) is 5.78 Å². The van der Waals surface area contributed by atoms with E-state index in [1.54, 1.807) is 6.07 Å². The number of carbonyl (C=O) groups is 1. The first-order valence-corrected chi connectivity index (χ1v) is 7.93. The van der Waals surface area contributed by atoms with Crippen LogP contribution in [0.5, 0.6) is 0 Å². The van der Waals surface area contributed by atoms with Gasteiger partial charge in [-0.25, -0.2) is 4.39 Å². The van der Waals surface area contributed by atoms with E-state index >= 15 is 0 Å². The Kier molecular flexibility index (Phi) is 3.60. The van der Waals surface area contributed by atoms with Crippen LogP contribution in [-0.4, -0.2) is 11.2 Å². The number of ketones is 1. The summed E-state index contributed by atoms with van der Waals surface area (Å²) in [4.78, 5) is 12.3. The van der Waals surface area contributed by atoms with Crippen LogP contribution in [0.15, 0.2) is 36.4 Å². The van der Waals surface area contributed by atoms with Gasteiger partial charge in [-0.05, 0) is 46.9 Å². The second kappa shape index (κ2) is 5.20. The van der Waals surface area contributed by atoms with E-state index in [4.69, 9.17) is 11.6 Å².